The van der Waals surface area contributed by atoms with Crippen molar-refractivity contribution in [2.45, 2.75) is 33.3 Å². The predicted molar refractivity (Wildman–Crippen MR) is 62.1 cm³/mol. The Kier molecular flexibility index (Phi) is 4.15. The van der Waals surface area contributed by atoms with Crippen LogP contribution in [0, 0.1) is 12.8 Å². The van der Waals surface area contributed by atoms with Crippen molar-refractivity contribution in [2.24, 2.45) is 5.92 Å². The summed E-state index contributed by atoms with van der Waals surface area (Å²) in [5, 5.41) is 10.0. The number of methoxy groups -OCH3 is 1. The van der Waals surface area contributed by atoms with E-state index in [-0.39, 0.29) is 5.92 Å². The zero-order valence-corrected chi connectivity index (χ0v) is 9.95. The Morgan fingerprint density at radius 1 is 1.40 bits per heavy atom. The van der Waals surface area contributed by atoms with Gasteiger partial charge in [-0.05, 0) is 30.0 Å². The average Bonchev–Trinajstić information content (AvgIpc) is 2.27. The lowest BCUT2D eigenvalue weighted by Gasteiger charge is -2.18. The van der Waals surface area contributed by atoms with E-state index in [4.69, 9.17) is 4.74 Å². The Labute approximate surface area is 91.9 Å². The van der Waals surface area contributed by atoms with Crippen LogP contribution in [0.4, 0.5) is 0 Å². The number of rotatable bonds is 4. The van der Waals surface area contributed by atoms with Gasteiger partial charge in [-0.2, -0.15) is 0 Å². The molecule has 0 aromatic heterocycles. The normalized spacial score (nSPS) is 14.7. The molecule has 1 aromatic rings. The molecule has 0 heterocycles. The summed E-state index contributed by atoms with van der Waals surface area (Å²) in [5.74, 6) is 1.12. The minimum Gasteiger partial charge on any atom is -0.496 e. The summed E-state index contributed by atoms with van der Waals surface area (Å²) >= 11 is 0. The van der Waals surface area contributed by atoms with Gasteiger partial charge in [0.25, 0.3) is 0 Å². The van der Waals surface area contributed by atoms with Gasteiger partial charge in [0.1, 0.15) is 5.75 Å². The van der Waals surface area contributed by atoms with Crippen molar-refractivity contribution >= 4 is 0 Å². The molecule has 0 aliphatic carbocycles. The van der Waals surface area contributed by atoms with Crippen molar-refractivity contribution in [3.05, 3.63) is 29.3 Å². The fourth-order valence-corrected chi connectivity index (χ4v) is 1.57. The first-order valence-electron chi connectivity index (χ1n) is 5.42. The summed E-state index contributed by atoms with van der Waals surface area (Å²) in [6.45, 7) is 6.13. The Morgan fingerprint density at radius 2 is 2.07 bits per heavy atom. The van der Waals surface area contributed by atoms with Gasteiger partial charge >= 0.3 is 0 Å². The molecule has 0 aliphatic heterocycles. The van der Waals surface area contributed by atoms with Gasteiger partial charge in [0.05, 0.1) is 13.2 Å². The third-order valence-electron chi connectivity index (χ3n) is 2.96. The summed E-state index contributed by atoms with van der Waals surface area (Å²) in [7, 11) is 1.65. The molecule has 2 atom stereocenters. The van der Waals surface area contributed by atoms with Gasteiger partial charge < -0.3 is 9.84 Å². The SMILES string of the molecule is CCC(C)C(O)c1ccc(C)c(OC)c1. The third kappa shape index (κ3) is 2.72. The summed E-state index contributed by atoms with van der Waals surface area (Å²) in [6, 6.07) is 5.88. The maximum atomic E-state index is 10.0. The quantitative estimate of drug-likeness (QED) is 0.824. The summed E-state index contributed by atoms with van der Waals surface area (Å²) in [6.07, 6.45) is 0.571. The molecule has 1 N–H and O–H groups in total. The Morgan fingerprint density at radius 3 is 2.60 bits per heavy atom. The highest BCUT2D eigenvalue weighted by molar-refractivity contribution is 5.37. The fraction of sp³-hybridized carbons (Fsp3) is 0.538. The standard InChI is InChI=1S/C13H20O2/c1-5-9(2)13(14)11-7-6-10(3)12(8-11)15-4/h6-9,13-14H,5H2,1-4H3. The van der Waals surface area contributed by atoms with Crippen molar-refractivity contribution in [1.82, 2.24) is 0 Å². The molecule has 15 heavy (non-hydrogen) atoms. The van der Waals surface area contributed by atoms with Gasteiger partial charge in [0, 0.05) is 0 Å². The summed E-state index contributed by atoms with van der Waals surface area (Å²) in [4.78, 5) is 0. The molecule has 0 aliphatic rings. The molecule has 0 radical (unpaired) electrons. The topological polar surface area (TPSA) is 29.5 Å². The maximum absolute atomic E-state index is 10.0. The number of hydrogen-bond donors (Lipinski definition) is 1. The van der Waals surface area contributed by atoms with Gasteiger partial charge in [-0.1, -0.05) is 32.4 Å². The third-order valence-corrected chi connectivity index (χ3v) is 2.96. The van der Waals surface area contributed by atoms with Crippen LogP contribution in [0.2, 0.25) is 0 Å². The molecule has 1 rings (SSSR count). The van der Waals surface area contributed by atoms with Crippen LogP contribution in [0.25, 0.3) is 0 Å². The van der Waals surface area contributed by atoms with Crippen LogP contribution in [-0.4, -0.2) is 12.2 Å². The van der Waals surface area contributed by atoms with E-state index in [9.17, 15) is 5.11 Å². The van der Waals surface area contributed by atoms with Gasteiger partial charge in [-0.15, -0.1) is 0 Å². The first-order valence-corrected chi connectivity index (χ1v) is 5.42. The maximum Gasteiger partial charge on any atom is 0.122 e. The highest BCUT2D eigenvalue weighted by atomic mass is 16.5. The molecule has 0 bridgehead atoms. The molecular formula is C13H20O2. The van der Waals surface area contributed by atoms with Gasteiger partial charge in [-0.25, -0.2) is 0 Å². The van der Waals surface area contributed by atoms with Crippen LogP contribution in [0.5, 0.6) is 5.75 Å². The Hall–Kier alpha value is -1.02. The van der Waals surface area contributed by atoms with Crippen LogP contribution in [-0.2, 0) is 0 Å². The number of aliphatic hydroxyl groups is 1. The first kappa shape index (κ1) is 12.1. The lowest BCUT2D eigenvalue weighted by molar-refractivity contribution is 0.115. The molecule has 0 fully saturated rings. The fourth-order valence-electron chi connectivity index (χ4n) is 1.57. The first-order chi connectivity index (χ1) is 7.10. The average molecular weight is 208 g/mol. The molecule has 1 aromatic carbocycles. The zero-order chi connectivity index (χ0) is 11.4. The van der Waals surface area contributed by atoms with Crippen molar-refractivity contribution < 1.29 is 9.84 Å². The van der Waals surface area contributed by atoms with Crippen LogP contribution in [0.15, 0.2) is 18.2 Å². The van der Waals surface area contributed by atoms with Crippen molar-refractivity contribution in [1.29, 1.82) is 0 Å². The van der Waals surface area contributed by atoms with E-state index in [2.05, 4.69) is 13.8 Å². The van der Waals surface area contributed by atoms with Crippen molar-refractivity contribution in [3.63, 3.8) is 0 Å². The molecule has 2 unspecified atom stereocenters. The molecule has 0 saturated carbocycles. The van der Waals surface area contributed by atoms with Crippen LogP contribution in [0.3, 0.4) is 0 Å². The monoisotopic (exact) mass is 208 g/mol. The van der Waals surface area contributed by atoms with Crippen molar-refractivity contribution in [2.75, 3.05) is 7.11 Å². The number of benzene rings is 1. The smallest absolute Gasteiger partial charge is 0.122 e. The summed E-state index contributed by atoms with van der Waals surface area (Å²) in [5.41, 5.74) is 2.03. The van der Waals surface area contributed by atoms with E-state index in [1.807, 2.05) is 25.1 Å². The molecule has 0 saturated heterocycles. The highest BCUT2D eigenvalue weighted by Gasteiger charge is 2.15. The molecule has 0 spiro atoms. The largest absolute Gasteiger partial charge is 0.496 e. The second-order valence-electron chi connectivity index (χ2n) is 4.06. The Bertz CT molecular complexity index is 320. The highest BCUT2D eigenvalue weighted by Crippen LogP contribution is 2.28. The summed E-state index contributed by atoms with van der Waals surface area (Å²) < 4.78 is 5.24. The van der Waals surface area contributed by atoms with Gasteiger partial charge in [0.15, 0.2) is 0 Å². The van der Waals surface area contributed by atoms with Gasteiger partial charge in [0.2, 0.25) is 0 Å². The molecule has 84 valence electrons. The number of aryl methyl sites for hydroxylation is 1. The van der Waals surface area contributed by atoms with Crippen molar-refractivity contribution in [3.8, 4) is 5.75 Å². The predicted octanol–water partition coefficient (Wildman–Crippen LogP) is 3.08. The second kappa shape index (κ2) is 5.17. The lowest BCUT2D eigenvalue weighted by Crippen LogP contribution is -2.08. The van der Waals surface area contributed by atoms with Crippen LogP contribution < -0.4 is 4.74 Å². The minimum atomic E-state index is -0.399. The number of aliphatic hydroxyl groups excluding tert-OH is 1. The van der Waals surface area contributed by atoms with Gasteiger partial charge in [-0.3, -0.25) is 0 Å². The second-order valence-corrected chi connectivity index (χ2v) is 4.06. The molecule has 0 amide bonds. The van der Waals surface area contributed by atoms with E-state index < -0.39 is 6.10 Å². The molecule has 2 heteroatoms. The van der Waals surface area contributed by atoms with E-state index in [1.54, 1.807) is 7.11 Å². The number of hydrogen-bond acceptors (Lipinski definition) is 2. The van der Waals surface area contributed by atoms with E-state index in [0.717, 1.165) is 23.3 Å². The zero-order valence-electron chi connectivity index (χ0n) is 9.95. The van der Waals surface area contributed by atoms with Crippen LogP contribution >= 0.6 is 0 Å². The Balaban J connectivity index is 2.95. The van der Waals surface area contributed by atoms with Crippen LogP contribution in [0.1, 0.15) is 37.5 Å². The van der Waals surface area contributed by atoms with E-state index in [0.29, 0.717) is 0 Å². The van der Waals surface area contributed by atoms with E-state index in [1.165, 1.54) is 0 Å². The lowest BCUT2D eigenvalue weighted by atomic mass is 9.94. The number of ether oxygens (including phenoxy) is 1. The molecule has 2 nitrogen and oxygen atoms in total. The molecular weight excluding hydrogens is 188 g/mol. The minimum absolute atomic E-state index is 0.275. The van der Waals surface area contributed by atoms with E-state index >= 15 is 0 Å².